The highest BCUT2D eigenvalue weighted by atomic mass is 16.5. The number of amides is 1. The van der Waals surface area contributed by atoms with Crippen molar-refractivity contribution in [1.82, 2.24) is 14.7 Å². The predicted molar refractivity (Wildman–Crippen MR) is 74.6 cm³/mol. The van der Waals surface area contributed by atoms with Crippen LogP contribution in [-0.4, -0.2) is 39.8 Å². The Hall–Kier alpha value is -2.30. The summed E-state index contributed by atoms with van der Waals surface area (Å²) in [5.41, 5.74) is 0.616. The van der Waals surface area contributed by atoms with E-state index in [0.29, 0.717) is 12.2 Å². The van der Waals surface area contributed by atoms with E-state index >= 15 is 0 Å². The van der Waals surface area contributed by atoms with Gasteiger partial charge in [0.15, 0.2) is 0 Å². The van der Waals surface area contributed by atoms with Crippen molar-refractivity contribution in [2.24, 2.45) is 7.05 Å². The monoisotopic (exact) mass is 271 g/mol. The highest BCUT2D eigenvalue weighted by Gasteiger charge is 2.29. The Balaban J connectivity index is 1.62. The van der Waals surface area contributed by atoms with E-state index in [1.165, 1.54) is 0 Å². The molecule has 1 saturated heterocycles. The minimum Gasteiger partial charge on any atom is -0.489 e. The first-order chi connectivity index (χ1) is 9.74. The first-order valence-corrected chi connectivity index (χ1v) is 6.73. The van der Waals surface area contributed by atoms with Crippen molar-refractivity contribution in [2.75, 3.05) is 13.1 Å². The molecule has 2 aromatic rings. The van der Waals surface area contributed by atoms with Crippen molar-refractivity contribution in [1.29, 1.82) is 0 Å². The zero-order chi connectivity index (χ0) is 13.9. The van der Waals surface area contributed by atoms with E-state index < -0.39 is 0 Å². The third-order valence-electron chi connectivity index (χ3n) is 3.52. The molecule has 1 aliphatic heterocycles. The van der Waals surface area contributed by atoms with Gasteiger partial charge in [-0.05, 0) is 18.2 Å². The second-order valence-electron chi connectivity index (χ2n) is 4.93. The fourth-order valence-electron chi connectivity index (χ4n) is 2.45. The predicted octanol–water partition coefficient (Wildman–Crippen LogP) is 1.71. The van der Waals surface area contributed by atoms with E-state index in [9.17, 15) is 4.79 Å². The number of hydrogen-bond acceptors (Lipinski definition) is 3. The molecule has 0 N–H and O–H groups in total. The first kappa shape index (κ1) is 12.7. The molecule has 0 bridgehead atoms. The Morgan fingerprint density at radius 1 is 1.30 bits per heavy atom. The molecule has 1 atom stereocenters. The number of carbonyl (C=O) groups excluding carboxylic acids is 1. The van der Waals surface area contributed by atoms with Gasteiger partial charge in [0.25, 0.3) is 5.91 Å². The number of aromatic nitrogens is 2. The Morgan fingerprint density at radius 2 is 2.10 bits per heavy atom. The van der Waals surface area contributed by atoms with Crippen LogP contribution in [0.25, 0.3) is 0 Å². The maximum absolute atomic E-state index is 12.3. The summed E-state index contributed by atoms with van der Waals surface area (Å²) in [4.78, 5) is 14.2. The van der Waals surface area contributed by atoms with E-state index in [2.05, 4.69) is 5.10 Å². The Morgan fingerprint density at radius 3 is 2.80 bits per heavy atom. The largest absolute Gasteiger partial charge is 0.489 e. The minimum absolute atomic E-state index is 0.0177. The summed E-state index contributed by atoms with van der Waals surface area (Å²) in [7, 11) is 1.78. The van der Waals surface area contributed by atoms with E-state index in [1.807, 2.05) is 35.2 Å². The van der Waals surface area contributed by atoms with Gasteiger partial charge in [0.2, 0.25) is 0 Å². The standard InChI is InChI=1S/C15H17N3O2/c1-17-14(7-9-16-17)15(19)18-10-8-13(11-18)20-12-5-3-2-4-6-12/h2-7,9,13H,8,10-11H2,1H3. The molecular formula is C15H17N3O2. The zero-order valence-electron chi connectivity index (χ0n) is 11.4. The number of rotatable bonds is 3. The van der Waals surface area contributed by atoms with Crippen LogP contribution in [0.3, 0.4) is 0 Å². The Kier molecular flexibility index (Phi) is 3.41. The highest BCUT2D eigenvalue weighted by Crippen LogP contribution is 2.19. The number of aryl methyl sites for hydroxylation is 1. The summed E-state index contributed by atoms with van der Waals surface area (Å²) in [5, 5.41) is 4.03. The van der Waals surface area contributed by atoms with Gasteiger partial charge in [-0.25, -0.2) is 0 Å². The maximum atomic E-state index is 12.3. The lowest BCUT2D eigenvalue weighted by Gasteiger charge is -2.17. The molecule has 1 unspecified atom stereocenters. The smallest absolute Gasteiger partial charge is 0.272 e. The number of para-hydroxylation sites is 1. The molecule has 2 heterocycles. The summed E-state index contributed by atoms with van der Waals surface area (Å²) in [5.74, 6) is 0.872. The van der Waals surface area contributed by atoms with Crippen LogP contribution >= 0.6 is 0 Å². The van der Waals surface area contributed by atoms with Gasteiger partial charge >= 0.3 is 0 Å². The number of carbonyl (C=O) groups is 1. The van der Waals surface area contributed by atoms with Crippen molar-refractivity contribution < 1.29 is 9.53 Å². The number of benzene rings is 1. The van der Waals surface area contributed by atoms with Gasteiger partial charge in [0.1, 0.15) is 17.5 Å². The SMILES string of the molecule is Cn1nccc1C(=O)N1CCC(Oc2ccccc2)C1. The van der Waals surface area contributed by atoms with Gasteiger partial charge in [-0.2, -0.15) is 5.10 Å². The molecule has 0 aliphatic carbocycles. The molecule has 1 aliphatic rings. The molecule has 1 aromatic carbocycles. The van der Waals surface area contributed by atoms with E-state index in [1.54, 1.807) is 24.0 Å². The number of likely N-dealkylation sites (tertiary alicyclic amines) is 1. The van der Waals surface area contributed by atoms with Crippen molar-refractivity contribution in [2.45, 2.75) is 12.5 Å². The van der Waals surface area contributed by atoms with Crippen molar-refractivity contribution >= 4 is 5.91 Å². The molecule has 0 saturated carbocycles. The lowest BCUT2D eigenvalue weighted by atomic mass is 10.3. The average molecular weight is 271 g/mol. The van der Waals surface area contributed by atoms with E-state index in [0.717, 1.165) is 18.7 Å². The third-order valence-corrected chi connectivity index (χ3v) is 3.52. The van der Waals surface area contributed by atoms with Gasteiger partial charge in [0, 0.05) is 26.2 Å². The van der Waals surface area contributed by atoms with Crippen LogP contribution in [-0.2, 0) is 7.05 Å². The maximum Gasteiger partial charge on any atom is 0.272 e. The second-order valence-corrected chi connectivity index (χ2v) is 4.93. The fourth-order valence-corrected chi connectivity index (χ4v) is 2.45. The Bertz CT molecular complexity index is 594. The van der Waals surface area contributed by atoms with Crippen LogP contribution in [0, 0.1) is 0 Å². The van der Waals surface area contributed by atoms with E-state index in [-0.39, 0.29) is 12.0 Å². The molecule has 20 heavy (non-hydrogen) atoms. The van der Waals surface area contributed by atoms with Crippen LogP contribution in [0.15, 0.2) is 42.6 Å². The molecule has 1 amide bonds. The fraction of sp³-hybridized carbons (Fsp3) is 0.333. The number of hydrogen-bond donors (Lipinski definition) is 0. The average Bonchev–Trinajstić information content (AvgIpc) is 3.08. The summed E-state index contributed by atoms with van der Waals surface area (Å²) < 4.78 is 7.49. The van der Waals surface area contributed by atoms with Crippen molar-refractivity contribution in [3.8, 4) is 5.75 Å². The summed E-state index contributed by atoms with van der Waals surface area (Å²) in [6, 6.07) is 11.5. The van der Waals surface area contributed by atoms with E-state index in [4.69, 9.17) is 4.74 Å². The molecule has 1 aromatic heterocycles. The molecule has 5 heteroatoms. The van der Waals surface area contributed by atoms with Crippen LogP contribution < -0.4 is 4.74 Å². The molecule has 0 radical (unpaired) electrons. The molecule has 104 valence electrons. The summed E-state index contributed by atoms with van der Waals surface area (Å²) >= 11 is 0. The van der Waals surface area contributed by atoms with Gasteiger partial charge in [-0.1, -0.05) is 18.2 Å². The van der Waals surface area contributed by atoms with Crippen LogP contribution in [0.1, 0.15) is 16.9 Å². The molecule has 1 fully saturated rings. The quantitative estimate of drug-likeness (QED) is 0.854. The minimum atomic E-state index is 0.0177. The van der Waals surface area contributed by atoms with Gasteiger partial charge in [-0.15, -0.1) is 0 Å². The number of ether oxygens (including phenoxy) is 1. The second kappa shape index (κ2) is 5.36. The molecule has 5 nitrogen and oxygen atoms in total. The van der Waals surface area contributed by atoms with Crippen LogP contribution in [0.4, 0.5) is 0 Å². The van der Waals surface area contributed by atoms with Crippen LogP contribution in [0.2, 0.25) is 0 Å². The number of nitrogens with zero attached hydrogens (tertiary/aromatic N) is 3. The lowest BCUT2D eigenvalue weighted by Crippen LogP contribution is -2.32. The van der Waals surface area contributed by atoms with Crippen LogP contribution in [0.5, 0.6) is 5.75 Å². The zero-order valence-corrected chi connectivity index (χ0v) is 11.4. The topological polar surface area (TPSA) is 47.4 Å². The van der Waals surface area contributed by atoms with Crippen molar-refractivity contribution in [3.63, 3.8) is 0 Å². The summed E-state index contributed by atoms with van der Waals surface area (Å²) in [6.45, 7) is 1.35. The molecule has 3 rings (SSSR count). The van der Waals surface area contributed by atoms with Gasteiger partial charge in [-0.3, -0.25) is 9.48 Å². The van der Waals surface area contributed by atoms with Gasteiger partial charge < -0.3 is 9.64 Å². The van der Waals surface area contributed by atoms with Gasteiger partial charge in [0.05, 0.1) is 6.54 Å². The Labute approximate surface area is 117 Å². The molecule has 0 spiro atoms. The normalized spacial score (nSPS) is 18.2. The highest BCUT2D eigenvalue weighted by molar-refractivity contribution is 5.92. The first-order valence-electron chi connectivity index (χ1n) is 6.73. The van der Waals surface area contributed by atoms with Crippen molar-refractivity contribution in [3.05, 3.63) is 48.3 Å². The summed E-state index contributed by atoms with van der Waals surface area (Å²) in [6.07, 6.45) is 2.56. The molecular weight excluding hydrogens is 254 g/mol. The third kappa shape index (κ3) is 2.52. The lowest BCUT2D eigenvalue weighted by molar-refractivity contribution is 0.0761.